The number of aromatic nitrogens is 2. The molecule has 1 aromatic rings. The van der Waals surface area contributed by atoms with E-state index >= 15 is 0 Å². The standard InChI is InChI=1S/C9H12N4O3S/c10-7-6(8(16)12-9(17)11-7)13-2-4(3-14)1-5(13)15/h4,14H,1-3H2,(H4,10,11,12,16,17). The fourth-order valence-electron chi connectivity index (χ4n) is 1.89. The number of carbonyl (C=O) groups is 1. The number of carbonyl (C=O) groups excluding carboxylic acids is 1. The Labute approximate surface area is 101 Å². The van der Waals surface area contributed by atoms with Gasteiger partial charge in [0.1, 0.15) is 5.82 Å². The third-order valence-electron chi connectivity index (χ3n) is 2.68. The average molecular weight is 256 g/mol. The van der Waals surface area contributed by atoms with Crippen LogP contribution in [0.1, 0.15) is 6.42 Å². The number of aliphatic hydroxyl groups is 1. The number of nitrogens with one attached hydrogen (secondary N) is 2. The molecule has 0 bridgehead atoms. The number of nitrogens with two attached hydrogens (primary N) is 1. The van der Waals surface area contributed by atoms with E-state index in [0.717, 1.165) is 0 Å². The van der Waals surface area contributed by atoms with Gasteiger partial charge in [-0.15, -0.1) is 0 Å². The zero-order valence-corrected chi connectivity index (χ0v) is 9.71. The third kappa shape index (κ3) is 2.08. The summed E-state index contributed by atoms with van der Waals surface area (Å²) in [5, 5.41) is 9.01. The van der Waals surface area contributed by atoms with Crippen molar-refractivity contribution in [2.75, 3.05) is 23.8 Å². The molecule has 1 aromatic heterocycles. The van der Waals surface area contributed by atoms with Crippen LogP contribution >= 0.6 is 12.2 Å². The molecular formula is C9H12N4O3S. The van der Waals surface area contributed by atoms with Crippen molar-refractivity contribution < 1.29 is 9.90 Å². The maximum atomic E-state index is 11.7. The fraction of sp³-hybridized carbons (Fsp3) is 0.444. The van der Waals surface area contributed by atoms with E-state index in [9.17, 15) is 9.59 Å². The van der Waals surface area contributed by atoms with Crippen LogP contribution in [0.5, 0.6) is 0 Å². The number of H-pyrrole nitrogens is 2. The molecule has 17 heavy (non-hydrogen) atoms. The van der Waals surface area contributed by atoms with Crippen molar-refractivity contribution in [3.63, 3.8) is 0 Å². The number of hydrogen-bond acceptors (Lipinski definition) is 5. The molecule has 2 rings (SSSR count). The number of aliphatic hydroxyl groups excluding tert-OH is 1. The predicted molar refractivity (Wildman–Crippen MR) is 64.2 cm³/mol. The minimum Gasteiger partial charge on any atom is -0.396 e. The van der Waals surface area contributed by atoms with Gasteiger partial charge >= 0.3 is 0 Å². The van der Waals surface area contributed by atoms with Crippen molar-refractivity contribution >= 4 is 29.6 Å². The highest BCUT2D eigenvalue weighted by Gasteiger charge is 2.32. The van der Waals surface area contributed by atoms with E-state index in [2.05, 4.69) is 9.97 Å². The molecule has 1 aliphatic rings. The highest BCUT2D eigenvalue weighted by Crippen LogP contribution is 2.24. The molecule has 1 saturated heterocycles. The first-order valence-electron chi connectivity index (χ1n) is 5.06. The molecule has 7 nitrogen and oxygen atoms in total. The van der Waals surface area contributed by atoms with Gasteiger partial charge in [-0.05, 0) is 12.2 Å². The molecule has 0 spiro atoms. The number of amides is 1. The van der Waals surface area contributed by atoms with Gasteiger partial charge in [0.25, 0.3) is 5.56 Å². The van der Waals surface area contributed by atoms with Crippen molar-refractivity contribution in [1.82, 2.24) is 9.97 Å². The van der Waals surface area contributed by atoms with Crippen LogP contribution < -0.4 is 16.2 Å². The van der Waals surface area contributed by atoms with Crippen LogP contribution in [0, 0.1) is 10.7 Å². The zero-order chi connectivity index (χ0) is 12.6. The lowest BCUT2D eigenvalue weighted by Gasteiger charge is -2.16. The summed E-state index contributed by atoms with van der Waals surface area (Å²) >= 11 is 4.76. The maximum Gasteiger partial charge on any atom is 0.277 e. The molecule has 5 N–H and O–H groups in total. The number of aromatic amines is 2. The minimum absolute atomic E-state index is 0.0608. The summed E-state index contributed by atoms with van der Waals surface area (Å²) in [4.78, 5) is 29.7. The Balaban J connectivity index is 2.45. The first-order chi connectivity index (χ1) is 8.02. The molecule has 0 aliphatic carbocycles. The van der Waals surface area contributed by atoms with Gasteiger partial charge in [0.2, 0.25) is 5.91 Å². The normalized spacial score (nSPS) is 19.9. The van der Waals surface area contributed by atoms with Crippen LogP contribution in [0.4, 0.5) is 11.5 Å². The Kier molecular flexibility index (Phi) is 2.99. The summed E-state index contributed by atoms with van der Waals surface area (Å²) in [6, 6.07) is 0. The molecule has 1 amide bonds. The number of anilines is 2. The predicted octanol–water partition coefficient (Wildman–Crippen LogP) is -0.640. The Morgan fingerprint density at radius 3 is 2.71 bits per heavy atom. The van der Waals surface area contributed by atoms with E-state index in [1.54, 1.807) is 0 Å². The summed E-state index contributed by atoms with van der Waals surface area (Å²) in [5.41, 5.74) is 5.22. The van der Waals surface area contributed by atoms with Gasteiger partial charge in [-0.25, -0.2) is 0 Å². The summed E-state index contributed by atoms with van der Waals surface area (Å²) in [5.74, 6) is -0.332. The van der Waals surface area contributed by atoms with E-state index < -0.39 is 5.56 Å². The number of hydrogen-bond donors (Lipinski definition) is 4. The average Bonchev–Trinajstić information content (AvgIpc) is 2.59. The molecule has 2 heterocycles. The maximum absolute atomic E-state index is 11.7. The molecule has 1 unspecified atom stereocenters. The van der Waals surface area contributed by atoms with E-state index in [-0.39, 0.29) is 47.7 Å². The second kappa shape index (κ2) is 4.30. The summed E-state index contributed by atoms with van der Waals surface area (Å²) in [7, 11) is 0. The number of nitrogen functional groups attached to an aromatic ring is 1. The molecule has 0 aromatic carbocycles. The van der Waals surface area contributed by atoms with Crippen LogP contribution in [0.15, 0.2) is 4.79 Å². The Morgan fingerprint density at radius 2 is 2.18 bits per heavy atom. The Hall–Kier alpha value is -1.67. The first kappa shape index (κ1) is 11.8. The lowest BCUT2D eigenvalue weighted by atomic mass is 10.1. The molecule has 92 valence electrons. The number of rotatable bonds is 2. The van der Waals surface area contributed by atoms with Crippen molar-refractivity contribution in [3.05, 3.63) is 15.1 Å². The van der Waals surface area contributed by atoms with E-state index in [1.807, 2.05) is 0 Å². The highest BCUT2D eigenvalue weighted by molar-refractivity contribution is 7.71. The largest absolute Gasteiger partial charge is 0.396 e. The molecular weight excluding hydrogens is 244 g/mol. The van der Waals surface area contributed by atoms with Crippen molar-refractivity contribution in [1.29, 1.82) is 0 Å². The second-order valence-electron chi connectivity index (χ2n) is 3.93. The van der Waals surface area contributed by atoms with Crippen LogP contribution in [0.25, 0.3) is 0 Å². The molecule has 0 saturated carbocycles. The first-order valence-corrected chi connectivity index (χ1v) is 5.47. The Bertz CT molecular complexity index is 564. The van der Waals surface area contributed by atoms with Crippen LogP contribution in [0.2, 0.25) is 0 Å². The molecule has 1 aliphatic heterocycles. The number of nitrogens with zero attached hydrogens (tertiary/aromatic N) is 1. The van der Waals surface area contributed by atoms with Gasteiger partial charge in [-0.1, -0.05) is 0 Å². The lowest BCUT2D eigenvalue weighted by Crippen LogP contribution is -2.32. The van der Waals surface area contributed by atoms with Crippen molar-refractivity contribution in [3.8, 4) is 0 Å². The van der Waals surface area contributed by atoms with Gasteiger partial charge in [-0.2, -0.15) is 0 Å². The van der Waals surface area contributed by atoms with Crippen LogP contribution in [-0.4, -0.2) is 34.1 Å². The van der Waals surface area contributed by atoms with Gasteiger partial charge in [-0.3, -0.25) is 14.6 Å². The zero-order valence-electron chi connectivity index (χ0n) is 8.90. The SMILES string of the molecule is Nc1[nH]c(=S)[nH]c(=O)c1N1CC(CO)CC1=O. The lowest BCUT2D eigenvalue weighted by molar-refractivity contribution is -0.117. The van der Waals surface area contributed by atoms with Crippen LogP contribution in [-0.2, 0) is 4.79 Å². The smallest absolute Gasteiger partial charge is 0.277 e. The molecule has 8 heteroatoms. The van der Waals surface area contributed by atoms with Crippen molar-refractivity contribution in [2.45, 2.75) is 6.42 Å². The van der Waals surface area contributed by atoms with E-state index in [1.165, 1.54) is 4.90 Å². The van der Waals surface area contributed by atoms with Crippen molar-refractivity contribution in [2.24, 2.45) is 5.92 Å². The summed E-state index contributed by atoms with van der Waals surface area (Å²) in [6.45, 7) is 0.191. The molecule has 0 radical (unpaired) electrons. The topological polar surface area (TPSA) is 115 Å². The molecule has 1 fully saturated rings. The fourth-order valence-corrected chi connectivity index (χ4v) is 2.09. The highest BCUT2D eigenvalue weighted by atomic mass is 32.1. The monoisotopic (exact) mass is 256 g/mol. The van der Waals surface area contributed by atoms with Crippen LogP contribution in [0.3, 0.4) is 0 Å². The van der Waals surface area contributed by atoms with Gasteiger partial charge in [0, 0.05) is 25.5 Å². The van der Waals surface area contributed by atoms with Gasteiger partial charge < -0.3 is 20.7 Å². The van der Waals surface area contributed by atoms with Gasteiger partial charge in [0.05, 0.1) is 0 Å². The minimum atomic E-state index is -0.502. The van der Waals surface area contributed by atoms with Gasteiger partial charge in [0.15, 0.2) is 10.5 Å². The third-order valence-corrected chi connectivity index (χ3v) is 2.88. The molecule has 1 atom stereocenters. The summed E-state index contributed by atoms with van der Waals surface area (Å²) in [6.07, 6.45) is 0.213. The van der Waals surface area contributed by atoms with E-state index in [0.29, 0.717) is 0 Å². The summed E-state index contributed by atoms with van der Waals surface area (Å²) < 4.78 is 0.113. The van der Waals surface area contributed by atoms with E-state index in [4.69, 9.17) is 23.1 Å². The quantitative estimate of drug-likeness (QED) is 0.525. The second-order valence-corrected chi connectivity index (χ2v) is 4.34. The Morgan fingerprint density at radius 1 is 1.47 bits per heavy atom.